The van der Waals surface area contributed by atoms with Gasteiger partial charge in [-0.3, -0.25) is 0 Å². The van der Waals surface area contributed by atoms with E-state index in [2.05, 4.69) is 26.3 Å². The number of nitrogens with one attached hydrogen (secondary N) is 1. The van der Waals surface area contributed by atoms with Crippen molar-refractivity contribution in [2.45, 2.75) is 26.3 Å². The molecule has 1 rings (SSSR count). The highest BCUT2D eigenvalue weighted by Gasteiger charge is 2.17. The van der Waals surface area contributed by atoms with Crippen LogP contribution in [-0.4, -0.2) is 21.4 Å². The number of nitrogens with zero attached hydrogens (tertiary/aromatic N) is 2. The minimum absolute atomic E-state index is 0.317. The Kier molecular flexibility index (Phi) is 3.38. The monoisotopic (exact) mass is 275 g/mol. The van der Waals surface area contributed by atoms with Gasteiger partial charge in [-0.05, 0) is 36.7 Å². The van der Waals surface area contributed by atoms with E-state index >= 15 is 0 Å². The number of rotatable bonds is 1. The molecule has 1 heterocycles. The zero-order valence-corrected chi connectivity index (χ0v) is 10.8. The first-order chi connectivity index (χ1) is 6.79. The number of carbonyl (C=O) groups excluding carboxylic acids is 1. The highest BCUT2D eigenvalue weighted by molar-refractivity contribution is 9.10. The highest BCUT2D eigenvalue weighted by atomic mass is 79.9. The number of hydrogen-bond donors (Lipinski definition) is 1. The summed E-state index contributed by atoms with van der Waals surface area (Å²) in [4.78, 5) is 11.4. The maximum atomic E-state index is 11.4. The van der Waals surface area contributed by atoms with Crippen molar-refractivity contribution in [3.63, 3.8) is 0 Å². The first-order valence-corrected chi connectivity index (χ1v) is 5.26. The number of aromatic nitrogens is 2. The fourth-order valence-corrected chi connectivity index (χ4v) is 1.36. The quantitative estimate of drug-likeness (QED) is 0.854. The van der Waals surface area contributed by atoms with E-state index in [0.29, 0.717) is 10.4 Å². The lowest BCUT2D eigenvalue weighted by Gasteiger charge is -2.19. The molecular formula is C9H14BrN3O2. The first kappa shape index (κ1) is 12.0. The van der Waals surface area contributed by atoms with E-state index in [1.54, 1.807) is 13.2 Å². The SMILES string of the molecule is Cn1ncc(Br)c1OC(=O)NC(C)(C)C. The molecule has 0 atom stereocenters. The molecule has 0 radical (unpaired) electrons. The van der Waals surface area contributed by atoms with Gasteiger partial charge in [0, 0.05) is 12.6 Å². The summed E-state index contributed by atoms with van der Waals surface area (Å²) >= 11 is 3.24. The van der Waals surface area contributed by atoms with E-state index in [9.17, 15) is 4.79 Å². The maximum absolute atomic E-state index is 11.4. The Morgan fingerprint density at radius 1 is 1.60 bits per heavy atom. The minimum Gasteiger partial charge on any atom is -0.390 e. The van der Waals surface area contributed by atoms with Crippen LogP contribution in [0.1, 0.15) is 20.8 Å². The summed E-state index contributed by atoms with van der Waals surface area (Å²) in [6, 6.07) is 0. The van der Waals surface area contributed by atoms with Crippen LogP contribution in [0, 0.1) is 0 Å². The van der Waals surface area contributed by atoms with Gasteiger partial charge in [0.25, 0.3) is 0 Å². The van der Waals surface area contributed by atoms with Crippen molar-refractivity contribution in [2.75, 3.05) is 0 Å². The van der Waals surface area contributed by atoms with Crippen LogP contribution in [0.5, 0.6) is 5.88 Å². The van der Waals surface area contributed by atoms with Gasteiger partial charge in [-0.1, -0.05) is 0 Å². The Morgan fingerprint density at radius 2 is 2.20 bits per heavy atom. The maximum Gasteiger partial charge on any atom is 0.414 e. The molecule has 0 fully saturated rings. The van der Waals surface area contributed by atoms with E-state index in [4.69, 9.17) is 4.74 Å². The van der Waals surface area contributed by atoms with Gasteiger partial charge in [0.1, 0.15) is 0 Å². The van der Waals surface area contributed by atoms with Gasteiger partial charge in [-0.15, -0.1) is 0 Å². The average molecular weight is 276 g/mol. The lowest BCUT2D eigenvalue weighted by atomic mass is 10.1. The van der Waals surface area contributed by atoms with Crippen molar-refractivity contribution < 1.29 is 9.53 Å². The van der Waals surface area contributed by atoms with Crippen molar-refractivity contribution in [3.8, 4) is 5.88 Å². The predicted octanol–water partition coefficient (Wildman–Crippen LogP) is 2.07. The van der Waals surface area contributed by atoms with Crippen LogP contribution in [-0.2, 0) is 7.05 Å². The van der Waals surface area contributed by atoms with Crippen molar-refractivity contribution >= 4 is 22.0 Å². The number of ether oxygens (including phenoxy) is 1. The van der Waals surface area contributed by atoms with Crippen molar-refractivity contribution in [3.05, 3.63) is 10.7 Å². The lowest BCUT2D eigenvalue weighted by molar-refractivity contribution is 0.186. The number of hydrogen-bond acceptors (Lipinski definition) is 3. The molecule has 1 aromatic heterocycles. The van der Waals surface area contributed by atoms with E-state index in [-0.39, 0.29) is 5.54 Å². The van der Waals surface area contributed by atoms with Gasteiger partial charge >= 0.3 is 6.09 Å². The molecule has 0 spiro atoms. The Bertz CT molecular complexity index is 348. The topological polar surface area (TPSA) is 56.2 Å². The second-order valence-corrected chi connectivity index (χ2v) is 5.04. The van der Waals surface area contributed by atoms with E-state index < -0.39 is 6.09 Å². The predicted molar refractivity (Wildman–Crippen MR) is 59.8 cm³/mol. The number of halogens is 1. The van der Waals surface area contributed by atoms with E-state index in [1.807, 2.05) is 20.8 Å². The summed E-state index contributed by atoms with van der Waals surface area (Å²) in [5.74, 6) is 0.386. The molecule has 0 saturated heterocycles. The molecule has 0 bridgehead atoms. The molecule has 0 aromatic carbocycles. The lowest BCUT2D eigenvalue weighted by Crippen LogP contribution is -2.42. The van der Waals surface area contributed by atoms with E-state index in [1.165, 1.54) is 4.68 Å². The Labute approximate surface area is 96.9 Å². The van der Waals surface area contributed by atoms with Crippen LogP contribution in [0.2, 0.25) is 0 Å². The molecule has 0 saturated carbocycles. The third kappa shape index (κ3) is 3.54. The molecule has 0 aliphatic rings. The summed E-state index contributed by atoms with van der Waals surface area (Å²) in [6.45, 7) is 5.64. The van der Waals surface area contributed by atoms with Gasteiger partial charge in [0.05, 0.1) is 10.7 Å². The number of amides is 1. The summed E-state index contributed by atoms with van der Waals surface area (Å²) in [7, 11) is 1.70. The van der Waals surface area contributed by atoms with Gasteiger partial charge in [-0.2, -0.15) is 5.10 Å². The molecule has 1 N–H and O–H groups in total. The molecule has 1 amide bonds. The Hall–Kier alpha value is -1.04. The normalized spacial score (nSPS) is 11.3. The molecule has 84 valence electrons. The molecular weight excluding hydrogens is 262 g/mol. The van der Waals surface area contributed by atoms with Crippen molar-refractivity contribution in [2.24, 2.45) is 7.05 Å². The molecule has 5 nitrogen and oxygen atoms in total. The van der Waals surface area contributed by atoms with Crippen LogP contribution in [0.15, 0.2) is 10.7 Å². The van der Waals surface area contributed by atoms with Gasteiger partial charge in [0.15, 0.2) is 0 Å². The minimum atomic E-state index is -0.494. The molecule has 0 aliphatic carbocycles. The smallest absolute Gasteiger partial charge is 0.390 e. The van der Waals surface area contributed by atoms with Crippen molar-refractivity contribution in [1.82, 2.24) is 15.1 Å². The molecule has 6 heteroatoms. The number of aryl methyl sites for hydroxylation is 1. The summed E-state index contributed by atoms with van der Waals surface area (Å²) in [6.07, 6.45) is 1.08. The van der Waals surface area contributed by atoms with Crippen LogP contribution in [0.25, 0.3) is 0 Å². The Balaban J connectivity index is 2.67. The fourth-order valence-electron chi connectivity index (χ4n) is 0.934. The second kappa shape index (κ2) is 4.22. The third-order valence-electron chi connectivity index (χ3n) is 1.51. The molecule has 0 unspecified atom stereocenters. The molecule has 15 heavy (non-hydrogen) atoms. The zero-order chi connectivity index (χ0) is 11.6. The fraction of sp³-hybridized carbons (Fsp3) is 0.556. The van der Waals surface area contributed by atoms with Crippen LogP contribution in [0.4, 0.5) is 4.79 Å². The van der Waals surface area contributed by atoms with Crippen LogP contribution < -0.4 is 10.1 Å². The standard InChI is InChI=1S/C9H14BrN3O2/c1-9(2,3)12-8(14)15-7-6(10)5-11-13(7)4/h5H,1-4H3,(H,12,14). The summed E-state index contributed by atoms with van der Waals surface area (Å²) < 4.78 is 7.22. The second-order valence-electron chi connectivity index (χ2n) is 4.19. The molecule has 1 aromatic rings. The summed E-state index contributed by atoms with van der Waals surface area (Å²) in [5, 5.41) is 6.62. The van der Waals surface area contributed by atoms with Crippen molar-refractivity contribution in [1.29, 1.82) is 0 Å². The number of carbonyl (C=O) groups is 1. The van der Waals surface area contributed by atoms with Gasteiger partial charge in [0.2, 0.25) is 5.88 Å². The third-order valence-corrected chi connectivity index (χ3v) is 2.05. The Morgan fingerprint density at radius 3 is 2.60 bits per heavy atom. The van der Waals surface area contributed by atoms with Crippen LogP contribution >= 0.6 is 15.9 Å². The van der Waals surface area contributed by atoms with E-state index in [0.717, 1.165) is 0 Å². The van der Waals surface area contributed by atoms with Crippen LogP contribution in [0.3, 0.4) is 0 Å². The van der Waals surface area contributed by atoms with Gasteiger partial charge in [-0.25, -0.2) is 9.48 Å². The zero-order valence-electron chi connectivity index (χ0n) is 9.17. The largest absolute Gasteiger partial charge is 0.414 e. The first-order valence-electron chi connectivity index (χ1n) is 4.47. The average Bonchev–Trinajstić information content (AvgIpc) is 2.32. The molecule has 0 aliphatic heterocycles. The van der Waals surface area contributed by atoms with Gasteiger partial charge < -0.3 is 10.1 Å². The highest BCUT2D eigenvalue weighted by Crippen LogP contribution is 2.23. The summed E-state index contributed by atoms with van der Waals surface area (Å²) in [5.41, 5.74) is -0.317.